The van der Waals surface area contributed by atoms with E-state index in [2.05, 4.69) is 33.6 Å². The summed E-state index contributed by atoms with van der Waals surface area (Å²) in [5, 5.41) is 0. The Balaban J connectivity index is 4.31. The lowest BCUT2D eigenvalue weighted by molar-refractivity contribution is 1.03. The molecule has 0 aliphatic rings. The van der Waals surface area contributed by atoms with Gasteiger partial charge in [0.25, 0.3) is 0 Å². The van der Waals surface area contributed by atoms with Crippen molar-refractivity contribution in [1.82, 2.24) is 0 Å². The van der Waals surface area contributed by atoms with Gasteiger partial charge in [0.05, 0.1) is 0 Å². The standard InChI is InChI=1S/C12H23ClSi/c1-11(2)9-14(5,8-6-7-13)10-12(3)4/h1,3,6-10H2,2,4-5H3/q-1. The molecule has 0 heterocycles. The molecule has 0 fully saturated rings. The first-order valence-corrected chi connectivity index (χ1v) is 8.90. The van der Waals surface area contributed by atoms with Gasteiger partial charge in [0.1, 0.15) is 0 Å². The van der Waals surface area contributed by atoms with Crippen LogP contribution < -0.4 is 0 Å². The molecule has 0 aromatic rings. The van der Waals surface area contributed by atoms with Crippen LogP contribution in [0.5, 0.6) is 0 Å². The van der Waals surface area contributed by atoms with E-state index in [1.54, 1.807) is 0 Å². The van der Waals surface area contributed by atoms with Gasteiger partial charge in [0.15, 0.2) is 0 Å². The van der Waals surface area contributed by atoms with Gasteiger partial charge < -0.3 is 0 Å². The predicted octanol–water partition coefficient (Wildman–Crippen LogP) is 4.85. The molecular weight excluding hydrogens is 208 g/mol. The summed E-state index contributed by atoms with van der Waals surface area (Å²) in [6.45, 7) is 14.8. The quantitative estimate of drug-likeness (QED) is 0.333. The van der Waals surface area contributed by atoms with Crippen LogP contribution in [0.25, 0.3) is 0 Å². The summed E-state index contributed by atoms with van der Waals surface area (Å²) in [5.41, 5.74) is 2.63. The first kappa shape index (κ1) is 14.0. The van der Waals surface area contributed by atoms with Crippen molar-refractivity contribution in [1.29, 1.82) is 0 Å². The van der Waals surface area contributed by atoms with E-state index in [4.69, 9.17) is 11.6 Å². The van der Waals surface area contributed by atoms with Crippen molar-refractivity contribution in [2.75, 3.05) is 5.88 Å². The van der Waals surface area contributed by atoms with Crippen LogP contribution in [0.2, 0.25) is 24.7 Å². The molecule has 0 N–H and O–H groups in total. The average Bonchev–Trinajstić information content (AvgIpc) is 1.97. The highest BCUT2D eigenvalue weighted by molar-refractivity contribution is 6.79. The predicted molar refractivity (Wildman–Crippen MR) is 71.0 cm³/mol. The van der Waals surface area contributed by atoms with Gasteiger partial charge in [0.2, 0.25) is 0 Å². The van der Waals surface area contributed by atoms with E-state index in [1.807, 2.05) is 0 Å². The minimum absolute atomic E-state index is 0.787. The summed E-state index contributed by atoms with van der Waals surface area (Å²) in [5.74, 6) is 0.787. The zero-order valence-electron chi connectivity index (χ0n) is 9.83. The summed E-state index contributed by atoms with van der Waals surface area (Å²) < 4.78 is 0. The molecular formula is C12H23ClSi-. The third kappa shape index (κ3) is 6.44. The van der Waals surface area contributed by atoms with Crippen molar-refractivity contribution in [3.8, 4) is 0 Å². The minimum atomic E-state index is -1.18. The number of alkyl halides is 1. The number of allylic oxidation sites excluding steroid dienone is 2. The number of hydrogen-bond acceptors (Lipinski definition) is 0. The Morgan fingerprint density at radius 1 is 1.14 bits per heavy atom. The van der Waals surface area contributed by atoms with Crippen molar-refractivity contribution in [2.24, 2.45) is 0 Å². The number of hydrogen-bond donors (Lipinski definition) is 0. The van der Waals surface area contributed by atoms with Gasteiger partial charge in [-0.25, -0.2) is 0 Å². The Hall–Kier alpha value is -0.0131. The Morgan fingerprint density at radius 2 is 1.57 bits per heavy atom. The molecule has 0 rings (SSSR count). The molecule has 0 saturated heterocycles. The lowest BCUT2D eigenvalue weighted by Gasteiger charge is -2.39. The van der Waals surface area contributed by atoms with Crippen LogP contribution >= 0.6 is 11.6 Å². The molecule has 0 aromatic heterocycles. The van der Waals surface area contributed by atoms with E-state index in [9.17, 15) is 0 Å². The Bertz CT molecular complexity index is 192. The normalized spacial score (nSPS) is 11.4. The molecule has 0 saturated carbocycles. The van der Waals surface area contributed by atoms with Crippen LogP contribution in [0.3, 0.4) is 0 Å². The van der Waals surface area contributed by atoms with Crippen molar-refractivity contribution in [2.45, 2.75) is 44.9 Å². The minimum Gasteiger partial charge on any atom is -0.168 e. The van der Waals surface area contributed by atoms with E-state index in [0.29, 0.717) is 0 Å². The maximum atomic E-state index is 5.76. The van der Waals surface area contributed by atoms with Crippen LogP contribution in [0, 0.1) is 0 Å². The number of rotatable bonds is 7. The summed E-state index contributed by atoms with van der Waals surface area (Å²) in [4.78, 5) is 0. The summed E-state index contributed by atoms with van der Waals surface area (Å²) in [6.07, 6.45) is 1.14. The third-order valence-electron chi connectivity index (χ3n) is 2.37. The SMILES string of the molecule is C=C(C)C[Si-](C)(CCCCl)CC(=C)C. The maximum Gasteiger partial charge on any atom is 0.0196 e. The molecule has 0 aliphatic carbocycles. The monoisotopic (exact) mass is 230 g/mol. The summed E-state index contributed by atoms with van der Waals surface area (Å²) in [6, 6.07) is 3.74. The second-order valence-corrected chi connectivity index (χ2v) is 10.1. The maximum absolute atomic E-state index is 5.76. The summed E-state index contributed by atoms with van der Waals surface area (Å²) in [7, 11) is -1.18. The number of halogens is 1. The highest BCUT2D eigenvalue weighted by Gasteiger charge is 2.14. The van der Waals surface area contributed by atoms with Crippen molar-refractivity contribution < 1.29 is 0 Å². The lowest BCUT2D eigenvalue weighted by Crippen LogP contribution is -2.30. The van der Waals surface area contributed by atoms with Crippen LogP contribution in [0.4, 0.5) is 0 Å². The Labute approximate surface area is 95.1 Å². The van der Waals surface area contributed by atoms with Gasteiger partial charge in [-0.15, -0.1) is 56.1 Å². The second kappa shape index (κ2) is 6.47. The Kier molecular flexibility index (Phi) is 6.46. The topological polar surface area (TPSA) is 0 Å². The van der Waals surface area contributed by atoms with Crippen molar-refractivity contribution in [3.05, 3.63) is 24.3 Å². The average molecular weight is 231 g/mol. The molecule has 0 aliphatic heterocycles. The van der Waals surface area contributed by atoms with Gasteiger partial charge in [0, 0.05) is 5.88 Å². The molecule has 0 unspecified atom stereocenters. The largest absolute Gasteiger partial charge is 0.168 e. The molecule has 0 nitrogen and oxygen atoms in total. The molecule has 0 amide bonds. The van der Waals surface area contributed by atoms with Crippen molar-refractivity contribution >= 4 is 19.7 Å². The second-order valence-electron chi connectivity index (χ2n) is 4.87. The van der Waals surface area contributed by atoms with E-state index < -0.39 is 8.07 Å². The fourth-order valence-electron chi connectivity index (χ4n) is 2.19. The lowest BCUT2D eigenvalue weighted by atomic mass is 10.4. The first-order valence-electron chi connectivity index (χ1n) is 5.24. The summed E-state index contributed by atoms with van der Waals surface area (Å²) >= 11 is 5.76. The molecule has 83 valence electrons. The zero-order chi connectivity index (χ0) is 11.2. The third-order valence-corrected chi connectivity index (χ3v) is 7.11. The zero-order valence-corrected chi connectivity index (χ0v) is 11.6. The van der Waals surface area contributed by atoms with Crippen LogP contribution in [-0.2, 0) is 0 Å². The van der Waals surface area contributed by atoms with Gasteiger partial charge >= 0.3 is 0 Å². The fourth-order valence-corrected chi connectivity index (χ4v) is 6.97. The van der Waals surface area contributed by atoms with E-state index >= 15 is 0 Å². The van der Waals surface area contributed by atoms with Gasteiger partial charge in [-0.2, -0.15) is 12.6 Å². The molecule has 0 bridgehead atoms. The first-order chi connectivity index (χ1) is 6.39. The highest BCUT2D eigenvalue weighted by atomic mass is 35.5. The van der Waals surface area contributed by atoms with Gasteiger partial charge in [-0.05, 0) is 13.8 Å². The fraction of sp³-hybridized carbons (Fsp3) is 0.667. The molecule has 14 heavy (non-hydrogen) atoms. The van der Waals surface area contributed by atoms with Crippen LogP contribution in [-0.4, -0.2) is 14.0 Å². The van der Waals surface area contributed by atoms with E-state index in [-0.39, 0.29) is 0 Å². The van der Waals surface area contributed by atoms with E-state index in [0.717, 1.165) is 12.3 Å². The molecule has 2 heteroatoms. The van der Waals surface area contributed by atoms with Gasteiger partial charge in [-0.1, -0.05) is 6.42 Å². The highest BCUT2D eigenvalue weighted by Crippen LogP contribution is 2.28. The molecule has 0 radical (unpaired) electrons. The van der Waals surface area contributed by atoms with Gasteiger partial charge in [-0.3, -0.25) is 0 Å². The van der Waals surface area contributed by atoms with Crippen LogP contribution in [0.1, 0.15) is 20.3 Å². The smallest absolute Gasteiger partial charge is 0.0196 e. The van der Waals surface area contributed by atoms with Crippen molar-refractivity contribution in [3.63, 3.8) is 0 Å². The molecule has 0 aromatic carbocycles. The molecule has 0 atom stereocenters. The van der Waals surface area contributed by atoms with E-state index in [1.165, 1.54) is 29.3 Å². The molecule has 0 spiro atoms. The Morgan fingerprint density at radius 3 is 1.86 bits per heavy atom. The van der Waals surface area contributed by atoms with Crippen LogP contribution in [0.15, 0.2) is 24.3 Å².